The van der Waals surface area contributed by atoms with Gasteiger partial charge >= 0.3 is 0 Å². The monoisotopic (exact) mass is 308 g/mol. The molecule has 1 aliphatic rings. The highest BCUT2D eigenvalue weighted by atomic mass is 32.1. The van der Waals surface area contributed by atoms with Crippen LogP contribution in [-0.2, 0) is 18.4 Å². The van der Waals surface area contributed by atoms with Crippen molar-refractivity contribution in [1.82, 2.24) is 10.3 Å². The van der Waals surface area contributed by atoms with E-state index in [1.165, 1.54) is 55.6 Å². The summed E-state index contributed by atoms with van der Waals surface area (Å²) in [7, 11) is 0. The molecule has 1 aromatic rings. The lowest BCUT2D eigenvalue weighted by molar-refractivity contribution is 0.249. The summed E-state index contributed by atoms with van der Waals surface area (Å²) in [6.45, 7) is 10.4. The van der Waals surface area contributed by atoms with Crippen molar-refractivity contribution >= 4 is 11.3 Å². The second kappa shape index (κ2) is 7.73. The maximum Gasteiger partial charge on any atom is 0.113 e. The second-order valence-electron chi connectivity index (χ2n) is 6.68. The van der Waals surface area contributed by atoms with Crippen LogP contribution < -0.4 is 5.32 Å². The minimum atomic E-state index is 0.105. The van der Waals surface area contributed by atoms with Gasteiger partial charge in [-0.05, 0) is 57.4 Å². The van der Waals surface area contributed by atoms with Crippen molar-refractivity contribution in [2.24, 2.45) is 5.92 Å². The second-order valence-corrected chi connectivity index (χ2v) is 7.76. The molecule has 2 unspecified atom stereocenters. The minimum Gasteiger partial charge on any atom is -0.305 e. The van der Waals surface area contributed by atoms with Gasteiger partial charge in [-0.2, -0.15) is 0 Å². The van der Waals surface area contributed by atoms with Gasteiger partial charge in [-0.15, -0.1) is 11.3 Å². The van der Waals surface area contributed by atoms with E-state index in [9.17, 15) is 0 Å². The third-order valence-corrected chi connectivity index (χ3v) is 6.33. The van der Waals surface area contributed by atoms with Gasteiger partial charge in [0.2, 0.25) is 0 Å². The summed E-state index contributed by atoms with van der Waals surface area (Å²) in [5, 5.41) is 5.24. The zero-order chi connectivity index (χ0) is 15.3. The normalized spacial score (nSPS) is 19.0. The van der Waals surface area contributed by atoms with Crippen molar-refractivity contribution in [2.45, 2.75) is 84.6 Å². The van der Waals surface area contributed by atoms with Gasteiger partial charge in [0.15, 0.2) is 0 Å². The summed E-state index contributed by atoms with van der Waals surface area (Å²) >= 11 is 2.00. The van der Waals surface area contributed by atoms with Crippen LogP contribution in [0.25, 0.3) is 0 Å². The molecule has 120 valence electrons. The highest BCUT2D eigenvalue weighted by molar-refractivity contribution is 7.11. The van der Waals surface area contributed by atoms with Crippen molar-refractivity contribution < 1.29 is 0 Å². The first-order valence-electron chi connectivity index (χ1n) is 8.89. The van der Waals surface area contributed by atoms with E-state index < -0.39 is 0 Å². The maximum atomic E-state index is 5.09. The molecule has 0 aromatic carbocycles. The van der Waals surface area contributed by atoms with Gasteiger partial charge in [-0.3, -0.25) is 0 Å². The molecule has 0 saturated heterocycles. The molecule has 0 fully saturated rings. The zero-order valence-electron chi connectivity index (χ0n) is 14.3. The molecule has 0 aliphatic heterocycles. The van der Waals surface area contributed by atoms with Crippen LogP contribution in [0.2, 0.25) is 0 Å². The van der Waals surface area contributed by atoms with Gasteiger partial charge in [-0.1, -0.05) is 34.1 Å². The van der Waals surface area contributed by atoms with E-state index >= 15 is 0 Å². The Balaban J connectivity index is 2.29. The van der Waals surface area contributed by atoms with Gasteiger partial charge in [0.05, 0.1) is 11.2 Å². The predicted octanol–water partition coefficient (Wildman–Crippen LogP) is 5.06. The van der Waals surface area contributed by atoms with Gasteiger partial charge in [0, 0.05) is 4.88 Å². The van der Waals surface area contributed by atoms with Crippen LogP contribution in [0.1, 0.15) is 81.8 Å². The molecule has 1 N–H and O–H groups in total. The molecule has 1 heterocycles. The molecule has 1 aromatic heterocycles. The lowest BCUT2D eigenvalue weighted by Crippen LogP contribution is -2.43. The van der Waals surface area contributed by atoms with Crippen LogP contribution in [0.4, 0.5) is 0 Å². The fourth-order valence-electron chi connectivity index (χ4n) is 3.32. The van der Waals surface area contributed by atoms with Crippen LogP contribution in [0.5, 0.6) is 0 Å². The van der Waals surface area contributed by atoms with Gasteiger partial charge in [0.25, 0.3) is 0 Å². The van der Waals surface area contributed by atoms with Crippen molar-refractivity contribution in [3.05, 3.63) is 15.6 Å². The zero-order valence-corrected chi connectivity index (χ0v) is 15.1. The Labute approximate surface area is 134 Å². The largest absolute Gasteiger partial charge is 0.305 e. The van der Waals surface area contributed by atoms with Gasteiger partial charge in [0.1, 0.15) is 5.01 Å². The molecule has 0 spiro atoms. The molecule has 0 amide bonds. The molecule has 2 atom stereocenters. The first-order chi connectivity index (χ1) is 10.1. The smallest absolute Gasteiger partial charge is 0.113 e. The Bertz CT molecular complexity index is 417. The Morgan fingerprint density at radius 2 is 2.00 bits per heavy atom. The molecule has 3 heteroatoms. The van der Waals surface area contributed by atoms with E-state index in [-0.39, 0.29) is 5.54 Å². The van der Waals surface area contributed by atoms with Crippen LogP contribution in [0.15, 0.2) is 0 Å². The summed E-state index contributed by atoms with van der Waals surface area (Å²) < 4.78 is 0. The number of aryl methyl sites for hydroxylation is 2. The predicted molar refractivity (Wildman–Crippen MR) is 93.1 cm³/mol. The molecule has 21 heavy (non-hydrogen) atoms. The van der Waals surface area contributed by atoms with Crippen LogP contribution in [0.3, 0.4) is 0 Å². The fourth-order valence-corrected chi connectivity index (χ4v) is 4.71. The highest BCUT2D eigenvalue weighted by Gasteiger charge is 2.35. The molecule has 2 rings (SSSR count). The molecule has 0 saturated carbocycles. The molecule has 0 bridgehead atoms. The minimum absolute atomic E-state index is 0.105. The third kappa shape index (κ3) is 3.87. The number of fused-ring (bicyclic) bond motifs is 1. The Morgan fingerprint density at radius 3 is 2.62 bits per heavy atom. The number of rotatable bonds is 8. The van der Waals surface area contributed by atoms with Crippen molar-refractivity contribution in [3.63, 3.8) is 0 Å². The summed E-state index contributed by atoms with van der Waals surface area (Å²) in [5.41, 5.74) is 1.51. The van der Waals surface area contributed by atoms with E-state index in [4.69, 9.17) is 4.98 Å². The van der Waals surface area contributed by atoms with E-state index in [0.717, 1.165) is 18.9 Å². The van der Waals surface area contributed by atoms with Crippen molar-refractivity contribution in [1.29, 1.82) is 0 Å². The third-order valence-electron chi connectivity index (χ3n) is 4.97. The average Bonchev–Trinajstić information content (AvgIpc) is 2.95. The topological polar surface area (TPSA) is 24.9 Å². The van der Waals surface area contributed by atoms with Crippen LogP contribution >= 0.6 is 11.3 Å². The number of hydrogen-bond donors (Lipinski definition) is 1. The van der Waals surface area contributed by atoms with E-state index in [1.54, 1.807) is 4.88 Å². The standard InChI is InChI=1S/C18H32N2S/c1-5-12-19-18(7-3,13-14(4)6-2)17-20-15-10-8-9-11-16(15)21-17/h14,19H,5-13H2,1-4H3. The molecule has 2 nitrogen and oxygen atoms in total. The summed E-state index contributed by atoms with van der Waals surface area (Å²) in [4.78, 5) is 6.66. The molecule has 0 radical (unpaired) electrons. The number of nitrogens with zero attached hydrogens (tertiary/aromatic N) is 1. The number of aromatic nitrogens is 1. The molecule has 1 aliphatic carbocycles. The van der Waals surface area contributed by atoms with Crippen LogP contribution in [0, 0.1) is 5.92 Å². The first kappa shape index (κ1) is 17.0. The van der Waals surface area contributed by atoms with Gasteiger partial charge in [-0.25, -0.2) is 4.98 Å². The number of thiazole rings is 1. The SMILES string of the molecule is CCCNC(CC)(CC(C)CC)c1nc2c(s1)CCCC2. The van der Waals surface area contributed by atoms with Crippen LogP contribution in [-0.4, -0.2) is 11.5 Å². The van der Waals surface area contributed by atoms with Crippen molar-refractivity contribution in [2.75, 3.05) is 6.54 Å². The average molecular weight is 309 g/mol. The lowest BCUT2D eigenvalue weighted by atomic mass is 9.85. The Kier molecular flexibility index (Phi) is 6.24. The summed E-state index contributed by atoms with van der Waals surface area (Å²) in [5.74, 6) is 0.746. The van der Waals surface area contributed by atoms with E-state index in [1.807, 2.05) is 11.3 Å². The fraction of sp³-hybridized carbons (Fsp3) is 0.833. The maximum absolute atomic E-state index is 5.09. The number of nitrogens with one attached hydrogen (secondary N) is 1. The Morgan fingerprint density at radius 1 is 1.24 bits per heavy atom. The van der Waals surface area contributed by atoms with Gasteiger partial charge < -0.3 is 5.32 Å². The summed E-state index contributed by atoms with van der Waals surface area (Å²) in [6.07, 6.45) is 9.92. The summed E-state index contributed by atoms with van der Waals surface area (Å²) in [6, 6.07) is 0. The number of hydrogen-bond acceptors (Lipinski definition) is 3. The quantitative estimate of drug-likeness (QED) is 0.726. The van der Waals surface area contributed by atoms with E-state index in [2.05, 4.69) is 33.0 Å². The first-order valence-corrected chi connectivity index (χ1v) is 9.70. The molecular weight excluding hydrogens is 276 g/mol. The lowest BCUT2D eigenvalue weighted by Gasteiger charge is -2.34. The molecular formula is C18H32N2S. The Hall–Kier alpha value is -0.410. The van der Waals surface area contributed by atoms with E-state index in [0.29, 0.717) is 0 Å². The highest BCUT2D eigenvalue weighted by Crippen LogP contribution is 2.38. The van der Waals surface area contributed by atoms with Crippen molar-refractivity contribution in [3.8, 4) is 0 Å².